The third-order valence-corrected chi connectivity index (χ3v) is 6.89. The SMILES string of the molecule is CCC(C)NC(=O)CN1CN(c2ccccc2)C2(CCN(C(=O)Nc3cccc(F)c3)CC2)C1=O. The number of piperidine rings is 1. The number of amides is 4. The highest BCUT2D eigenvalue weighted by molar-refractivity contribution is 5.97. The van der Waals surface area contributed by atoms with Gasteiger partial charge in [0.25, 0.3) is 5.91 Å². The van der Waals surface area contributed by atoms with Crippen LogP contribution in [0.5, 0.6) is 0 Å². The number of hydrogen-bond acceptors (Lipinski definition) is 4. The van der Waals surface area contributed by atoms with E-state index < -0.39 is 11.4 Å². The van der Waals surface area contributed by atoms with Crippen molar-refractivity contribution >= 4 is 29.2 Å². The number of nitrogens with zero attached hydrogens (tertiary/aromatic N) is 3. The largest absolute Gasteiger partial charge is 0.352 e. The lowest BCUT2D eigenvalue weighted by Gasteiger charge is -2.43. The molecule has 1 unspecified atom stereocenters. The number of likely N-dealkylation sites (tertiary alicyclic amines) is 1. The number of rotatable bonds is 6. The molecule has 0 bridgehead atoms. The molecular weight excluding hydrogens is 449 g/mol. The Bertz CT molecular complexity index is 1070. The summed E-state index contributed by atoms with van der Waals surface area (Å²) in [7, 11) is 0. The van der Waals surface area contributed by atoms with Crippen LogP contribution in [-0.2, 0) is 9.59 Å². The average Bonchev–Trinajstić information content (AvgIpc) is 3.11. The lowest BCUT2D eigenvalue weighted by Crippen LogP contribution is -2.58. The van der Waals surface area contributed by atoms with Gasteiger partial charge in [0.15, 0.2) is 0 Å². The molecule has 35 heavy (non-hydrogen) atoms. The van der Waals surface area contributed by atoms with Gasteiger partial charge in [0, 0.05) is 30.5 Å². The maximum atomic E-state index is 13.7. The summed E-state index contributed by atoms with van der Waals surface area (Å²) in [6.07, 6.45) is 1.68. The Morgan fingerprint density at radius 3 is 2.46 bits per heavy atom. The molecule has 0 aliphatic carbocycles. The monoisotopic (exact) mass is 481 g/mol. The predicted molar refractivity (Wildman–Crippen MR) is 132 cm³/mol. The van der Waals surface area contributed by atoms with Crippen molar-refractivity contribution in [3.8, 4) is 0 Å². The summed E-state index contributed by atoms with van der Waals surface area (Å²) >= 11 is 0. The van der Waals surface area contributed by atoms with E-state index in [4.69, 9.17) is 0 Å². The second-order valence-corrected chi connectivity index (χ2v) is 9.24. The highest BCUT2D eigenvalue weighted by atomic mass is 19.1. The molecule has 2 aromatic carbocycles. The van der Waals surface area contributed by atoms with Crippen molar-refractivity contribution in [2.75, 3.05) is 36.5 Å². The summed E-state index contributed by atoms with van der Waals surface area (Å²) in [5, 5.41) is 5.66. The van der Waals surface area contributed by atoms with Crippen LogP contribution in [0.4, 0.5) is 20.6 Å². The van der Waals surface area contributed by atoms with Crippen molar-refractivity contribution in [3.05, 3.63) is 60.4 Å². The van der Waals surface area contributed by atoms with Gasteiger partial charge in [-0.05, 0) is 56.5 Å². The Hall–Kier alpha value is -3.62. The fourth-order valence-corrected chi connectivity index (χ4v) is 4.77. The molecule has 0 radical (unpaired) electrons. The van der Waals surface area contributed by atoms with Crippen molar-refractivity contribution < 1.29 is 18.8 Å². The van der Waals surface area contributed by atoms with Crippen molar-refractivity contribution in [2.45, 2.75) is 44.7 Å². The van der Waals surface area contributed by atoms with Crippen LogP contribution in [0.3, 0.4) is 0 Å². The van der Waals surface area contributed by atoms with Gasteiger partial charge < -0.3 is 25.3 Å². The first-order valence-electron chi connectivity index (χ1n) is 12.1. The number of benzene rings is 2. The zero-order valence-electron chi connectivity index (χ0n) is 20.2. The molecule has 2 saturated heterocycles. The number of carbonyl (C=O) groups excluding carboxylic acids is 3. The van der Waals surface area contributed by atoms with E-state index in [0.717, 1.165) is 12.1 Å². The fourth-order valence-electron chi connectivity index (χ4n) is 4.77. The van der Waals surface area contributed by atoms with Crippen molar-refractivity contribution in [3.63, 3.8) is 0 Å². The quantitative estimate of drug-likeness (QED) is 0.662. The van der Waals surface area contributed by atoms with Gasteiger partial charge in [-0.2, -0.15) is 0 Å². The second-order valence-electron chi connectivity index (χ2n) is 9.24. The Morgan fingerprint density at radius 2 is 1.80 bits per heavy atom. The summed E-state index contributed by atoms with van der Waals surface area (Å²) in [5.41, 5.74) is 0.466. The number of carbonyl (C=O) groups is 3. The summed E-state index contributed by atoms with van der Waals surface area (Å²) in [6.45, 7) is 4.97. The van der Waals surface area contributed by atoms with Crippen LogP contribution in [-0.4, -0.2) is 65.5 Å². The molecule has 8 nitrogen and oxygen atoms in total. The van der Waals surface area contributed by atoms with E-state index in [0.29, 0.717) is 38.3 Å². The van der Waals surface area contributed by atoms with Crippen molar-refractivity contribution in [1.82, 2.24) is 15.1 Å². The first-order valence-corrected chi connectivity index (χ1v) is 12.1. The van der Waals surface area contributed by atoms with E-state index in [-0.39, 0.29) is 30.4 Å². The summed E-state index contributed by atoms with van der Waals surface area (Å²) in [4.78, 5) is 44.4. The van der Waals surface area contributed by atoms with E-state index in [1.165, 1.54) is 18.2 Å². The van der Waals surface area contributed by atoms with Crippen LogP contribution in [0.2, 0.25) is 0 Å². The van der Waals surface area contributed by atoms with Gasteiger partial charge in [0.1, 0.15) is 17.9 Å². The number of hydrogen-bond donors (Lipinski definition) is 2. The Kier molecular flexibility index (Phi) is 7.23. The van der Waals surface area contributed by atoms with E-state index in [2.05, 4.69) is 15.5 Å². The summed E-state index contributed by atoms with van der Waals surface area (Å²) in [6, 6.07) is 15.2. The molecule has 2 aliphatic rings. The number of nitrogens with one attached hydrogen (secondary N) is 2. The van der Waals surface area contributed by atoms with E-state index >= 15 is 0 Å². The van der Waals surface area contributed by atoms with Crippen LogP contribution < -0.4 is 15.5 Å². The Labute approximate surface area is 205 Å². The highest BCUT2D eigenvalue weighted by Crippen LogP contribution is 2.39. The fraction of sp³-hybridized carbons (Fsp3) is 0.423. The topological polar surface area (TPSA) is 85.0 Å². The molecule has 2 heterocycles. The van der Waals surface area contributed by atoms with Crippen LogP contribution in [0, 0.1) is 5.82 Å². The Morgan fingerprint density at radius 1 is 1.09 bits per heavy atom. The van der Waals surface area contributed by atoms with Gasteiger partial charge in [0.05, 0.1) is 6.67 Å². The lowest BCUT2D eigenvalue weighted by atomic mass is 9.85. The zero-order valence-corrected chi connectivity index (χ0v) is 20.2. The van der Waals surface area contributed by atoms with Gasteiger partial charge in [-0.1, -0.05) is 31.2 Å². The van der Waals surface area contributed by atoms with Crippen LogP contribution in [0.15, 0.2) is 54.6 Å². The molecule has 0 aromatic heterocycles. The molecule has 2 aromatic rings. The number of para-hydroxylation sites is 1. The standard InChI is InChI=1S/C26H32FN5O3/c1-3-19(2)28-23(33)17-31-18-32(22-10-5-4-6-11-22)26(24(31)34)12-14-30(15-13-26)25(35)29-21-9-7-8-20(27)16-21/h4-11,16,19H,3,12-15,17-18H2,1-2H3,(H,28,33)(H,29,35). The Balaban J connectivity index is 1.49. The van der Waals surface area contributed by atoms with Crippen LogP contribution >= 0.6 is 0 Å². The van der Waals surface area contributed by atoms with E-state index in [1.807, 2.05) is 44.2 Å². The van der Waals surface area contributed by atoms with Gasteiger partial charge in [-0.15, -0.1) is 0 Å². The first-order chi connectivity index (χ1) is 16.8. The third-order valence-electron chi connectivity index (χ3n) is 6.89. The number of halogens is 1. The number of anilines is 2. The molecular formula is C26H32FN5O3. The molecule has 0 saturated carbocycles. The molecule has 4 rings (SSSR count). The normalized spacial score (nSPS) is 18.0. The maximum absolute atomic E-state index is 13.7. The maximum Gasteiger partial charge on any atom is 0.321 e. The highest BCUT2D eigenvalue weighted by Gasteiger charge is 2.54. The third kappa shape index (κ3) is 5.23. The first kappa shape index (κ1) is 24.5. The van der Waals surface area contributed by atoms with E-state index in [9.17, 15) is 18.8 Å². The average molecular weight is 482 g/mol. The molecule has 1 spiro atoms. The predicted octanol–water partition coefficient (Wildman–Crippen LogP) is 3.41. The van der Waals surface area contributed by atoms with Gasteiger partial charge in [-0.3, -0.25) is 9.59 Å². The van der Waals surface area contributed by atoms with Gasteiger partial charge in [-0.25, -0.2) is 9.18 Å². The lowest BCUT2D eigenvalue weighted by molar-refractivity contribution is -0.137. The molecule has 2 N–H and O–H groups in total. The summed E-state index contributed by atoms with van der Waals surface area (Å²) in [5.74, 6) is -0.691. The molecule has 186 valence electrons. The minimum absolute atomic E-state index is 0.00196. The molecule has 2 fully saturated rings. The summed E-state index contributed by atoms with van der Waals surface area (Å²) < 4.78 is 13.5. The van der Waals surface area contributed by atoms with Gasteiger partial charge in [0.2, 0.25) is 5.91 Å². The zero-order chi connectivity index (χ0) is 25.0. The minimum Gasteiger partial charge on any atom is -0.352 e. The van der Waals surface area contributed by atoms with Crippen molar-refractivity contribution in [2.24, 2.45) is 0 Å². The van der Waals surface area contributed by atoms with Crippen LogP contribution in [0.1, 0.15) is 33.1 Å². The minimum atomic E-state index is -0.826. The van der Waals surface area contributed by atoms with Crippen LogP contribution in [0.25, 0.3) is 0 Å². The molecule has 4 amide bonds. The van der Waals surface area contributed by atoms with Gasteiger partial charge >= 0.3 is 6.03 Å². The number of urea groups is 1. The molecule has 9 heteroatoms. The molecule has 1 atom stereocenters. The van der Waals surface area contributed by atoms with E-state index in [1.54, 1.807) is 15.9 Å². The second kappa shape index (κ2) is 10.3. The molecule has 2 aliphatic heterocycles. The van der Waals surface area contributed by atoms with Crippen molar-refractivity contribution in [1.29, 1.82) is 0 Å². The smallest absolute Gasteiger partial charge is 0.321 e.